The zero-order valence-corrected chi connectivity index (χ0v) is 48.4. The molecule has 0 radical (unpaired) electrons. The molecule has 79 heavy (non-hydrogen) atoms. The lowest BCUT2D eigenvalue weighted by Gasteiger charge is -2.37. The summed E-state index contributed by atoms with van der Waals surface area (Å²) in [5.41, 5.74) is 11.7. The van der Waals surface area contributed by atoms with Crippen LogP contribution in [0.25, 0.3) is 21.6 Å². The van der Waals surface area contributed by atoms with Crippen molar-refractivity contribution in [2.75, 3.05) is 77.1 Å². The third-order valence-corrected chi connectivity index (χ3v) is 16.8. The number of hydrogen-bond acceptors (Lipinski definition) is 13. The van der Waals surface area contributed by atoms with Crippen LogP contribution in [0.5, 0.6) is 0 Å². The largest absolute Gasteiger partial charge is 0.391 e. The van der Waals surface area contributed by atoms with Gasteiger partial charge in [0.1, 0.15) is 18.7 Å². The predicted molar refractivity (Wildman–Crippen MR) is 310 cm³/mol. The fraction of sp³-hybridized carbons (Fsp3) is 0.508. The molecule has 0 bridgehead atoms. The van der Waals surface area contributed by atoms with Gasteiger partial charge in [0.15, 0.2) is 0 Å². The van der Waals surface area contributed by atoms with Crippen molar-refractivity contribution in [1.82, 2.24) is 40.6 Å². The average Bonchev–Trinajstić information content (AvgIpc) is 4.07. The summed E-state index contributed by atoms with van der Waals surface area (Å²) in [5.74, 6) is -1.43. The molecule has 4 amide bonds. The van der Waals surface area contributed by atoms with Crippen molar-refractivity contribution in [3.8, 4) is 21.6 Å². The normalized spacial score (nSPS) is 18.3. The van der Waals surface area contributed by atoms with Gasteiger partial charge in [0, 0.05) is 107 Å². The van der Waals surface area contributed by atoms with E-state index in [9.17, 15) is 29.1 Å². The van der Waals surface area contributed by atoms with Gasteiger partial charge in [0.25, 0.3) is 11.5 Å². The third-order valence-electron chi connectivity index (χ3n) is 15.8. The summed E-state index contributed by atoms with van der Waals surface area (Å²) in [5, 5.41) is 19.7. The second kappa shape index (κ2) is 26.3. The quantitative estimate of drug-likeness (QED) is 0.0509. The molecule has 5 heterocycles. The van der Waals surface area contributed by atoms with Crippen molar-refractivity contribution in [2.45, 2.75) is 125 Å². The smallest absolute Gasteiger partial charge is 0.253 e. The monoisotopic (exact) mass is 1100 g/mol. The molecule has 17 nitrogen and oxygen atoms in total. The van der Waals surface area contributed by atoms with Gasteiger partial charge >= 0.3 is 0 Å². The number of H-pyrrole nitrogens is 1. The number of hydrogen-bond donors (Lipinski definition) is 5. The number of likely N-dealkylation sites (tertiary alicyclic amines) is 1. The minimum absolute atomic E-state index is 0.0109. The second-order valence-electron chi connectivity index (χ2n) is 22.7. The lowest BCUT2D eigenvalue weighted by molar-refractivity contribution is -0.144. The van der Waals surface area contributed by atoms with E-state index in [-0.39, 0.29) is 49.5 Å². The topological polar surface area (TPSA) is 202 Å². The molecule has 5 N–H and O–H groups in total. The number of carbonyl (C=O) groups is 4. The Morgan fingerprint density at radius 2 is 1.59 bits per heavy atom. The highest BCUT2D eigenvalue weighted by Gasteiger charge is 2.45. The summed E-state index contributed by atoms with van der Waals surface area (Å²) < 4.78 is 11.6. The number of pyridine rings is 1. The summed E-state index contributed by atoms with van der Waals surface area (Å²) in [7, 11) is 0. The van der Waals surface area contributed by atoms with E-state index in [1.54, 1.807) is 11.3 Å². The molecule has 18 heteroatoms. The second-order valence-corrected chi connectivity index (χ2v) is 23.5. The van der Waals surface area contributed by atoms with Crippen molar-refractivity contribution in [3.63, 3.8) is 0 Å². The Morgan fingerprint density at radius 3 is 2.24 bits per heavy atom. The molecule has 3 aliphatic heterocycles. The number of β-amino-alcohol motifs (C(OH)–C–C–N with tert-alkyl or cyclic N) is 1. The van der Waals surface area contributed by atoms with Crippen LogP contribution in [0.15, 0.2) is 77.0 Å². The van der Waals surface area contributed by atoms with Gasteiger partial charge in [0.2, 0.25) is 17.7 Å². The summed E-state index contributed by atoms with van der Waals surface area (Å²) in [6, 6.07) is 20.8. The standard InChI is InChI=1S/C61H81N9O8S/c1-10-69(48-19-26-77-27-20-48)52-31-47(30-50(40(52)4)57(73)62-33-51-38(2)29-39(3)64-58(51)74)45-13-11-43(12-14-45)34-68-23-21-67(22-24-68)25-28-78-36-54(72)66-56(61(7,8)9)60(76)70-35-49(71)32-53(70)59(75)65-41(5)44-15-17-46(18-16-44)55-42(6)63-37-79-55/h11-18,29-31,37,41,48-49,53,56,71H,10,19-28,32-36H2,1-9H3,(H,62,73)(H,64,74)(H,65,75)(H,66,72)/t41-,49+,53-,56+/m0/s1. The molecule has 5 aromatic rings. The summed E-state index contributed by atoms with van der Waals surface area (Å²) in [6.45, 7) is 24.7. The lowest BCUT2D eigenvalue weighted by atomic mass is 9.85. The van der Waals surface area contributed by atoms with Gasteiger partial charge in [-0.05, 0) is 117 Å². The molecule has 0 unspecified atom stereocenters. The maximum absolute atomic E-state index is 14.2. The molecule has 8 rings (SSSR count). The van der Waals surface area contributed by atoms with Crippen LogP contribution in [0.2, 0.25) is 0 Å². The molecule has 3 saturated heterocycles. The Hall–Kier alpha value is -6.28. The molecule has 0 aliphatic carbocycles. The van der Waals surface area contributed by atoms with E-state index < -0.39 is 35.4 Å². The van der Waals surface area contributed by atoms with Gasteiger partial charge in [-0.3, -0.25) is 33.8 Å². The minimum Gasteiger partial charge on any atom is -0.391 e. The Balaban J connectivity index is 0.809. The number of aryl methyl sites for hydroxylation is 3. The van der Waals surface area contributed by atoms with Crippen LogP contribution in [0.4, 0.5) is 5.69 Å². The zero-order valence-electron chi connectivity index (χ0n) is 47.6. The molecule has 424 valence electrons. The Labute approximate surface area is 469 Å². The molecule has 3 aliphatic rings. The molecule has 0 saturated carbocycles. The highest BCUT2D eigenvalue weighted by atomic mass is 32.1. The van der Waals surface area contributed by atoms with E-state index in [1.807, 2.05) is 97.3 Å². The third kappa shape index (κ3) is 14.8. The number of amides is 4. The number of benzene rings is 3. The number of aromatic nitrogens is 2. The number of ether oxygens (including phenoxy) is 2. The Bertz CT molecular complexity index is 2980. The number of rotatable bonds is 20. The first-order chi connectivity index (χ1) is 37.8. The van der Waals surface area contributed by atoms with E-state index >= 15 is 0 Å². The fourth-order valence-corrected chi connectivity index (χ4v) is 12.0. The number of nitrogens with zero attached hydrogens (tertiary/aromatic N) is 5. The SMILES string of the molecule is CCN(c1cc(-c2ccc(CN3CCN(CCOCC(=O)N[C@H](C(=O)N4C[C@H](O)C[C@H]4C(=O)N[C@@H](C)c4ccc(-c5scnc5C)cc4)C(C)(C)C)CC3)cc2)cc(C(=O)NCc2c(C)cc(C)[nH]c2=O)c1C)C1CCOCC1. The van der Waals surface area contributed by atoms with Gasteiger partial charge < -0.3 is 45.3 Å². The Kier molecular flexibility index (Phi) is 19.6. The maximum Gasteiger partial charge on any atom is 0.253 e. The van der Waals surface area contributed by atoms with Gasteiger partial charge in [-0.1, -0.05) is 69.3 Å². The zero-order chi connectivity index (χ0) is 56.5. The maximum atomic E-state index is 14.2. The summed E-state index contributed by atoms with van der Waals surface area (Å²) >= 11 is 1.58. The van der Waals surface area contributed by atoms with Crippen molar-refractivity contribution in [3.05, 3.63) is 127 Å². The van der Waals surface area contributed by atoms with Crippen molar-refractivity contribution in [1.29, 1.82) is 0 Å². The number of aliphatic hydroxyl groups is 1. The lowest BCUT2D eigenvalue weighted by Crippen LogP contribution is -2.58. The van der Waals surface area contributed by atoms with Gasteiger partial charge in [-0.2, -0.15) is 0 Å². The van der Waals surface area contributed by atoms with Crippen molar-refractivity contribution in [2.24, 2.45) is 5.41 Å². The number of nitrogens with one attached hydrogen (secondary N) is 4. The van der Waals surface area contributed by atoms with Crippen LogP contribution in [-0.4, -0.2) is 150 Å². The van der Waals surface area contributed by atoms with Crippen LogP contribution in [0.3, 0.4) is 0 Å². The van der Waals surface area contributed by atoms with Crippen LogP contribution in [0.1, 0.15) is 109 Å². The number of piperazine rings is 1. The van der Waals surface area contributed by atoms with Crippen molar-refractivity contribution >= 4 is 40.7 Å². The van der Waals surface area contributed by atoms with Gasteiger partial charge in [-0.25, -0.2) is 4.98 Å². The number of aromatic amines is 1. The Morgan fingerprint density at radius 1 is 0.911 bits per heavy atom. The molecular formula is C61H81N9O8S. The number of aliphatic hydroxyl groups excluding tert-OH is 1. The summed E-state index contributed by atoms with van der Waals surface area (Å²) in [6.07, 6.45) is 1.05. The highest BCUT2D eigenvalue weighted by molar-refractivity contribution is 7.13. The van der Waals surface area contributed by atoms with Crippen LogP contribution in [0, 0.1) is 33.1 Å². The van der Waals surface area contributed by atoms with Crippen LogP contribution < -0.4 is 26.4 Å². The minimum atomic E-state index is -0.955. The van der Waals surface area contributed by atoms with Gasteiger partial charge in [0.05, 0.1) is 34.8 Å². The van der Waals surface area contributed by atoms with Crippen LogP contribution in [-0.2, 0) is 36.9 Å². The predicted octanol–water partition coefficient (Wildman–Crippen LogP) is 6.84. The first-order valence-corrected chi connectivity index (χ1v) is 28.8. The van der Waals surface area contributed by atoms with E-state index in [0.717, 1.165) is 107 Å². The number of anilines is 1. The number of carbonyl (C=O) groups excluding carboxylic acids is 4. The van der Waals surface area contributed by atoms with E-state index in [1.165, 1.54) is 10.5 Å². The number of thiazole rings is 1. The van der Waals surface area contributed by atoms with E-state index in [4.69, 9.17) is 9.47 Å². The molecule has 2 aromatic heterocycles. The van der Waals surface area contributed by atoms with E-state index in [0.29, 0.717) is 43.5 Å². The highest BCUT2D eigenvalue weighted by Crippen LogP contribution is 2.35. The molecule has 3 aromatic carbocycles. The van der Waals surface area contributed by atoms with Crippen molar-refractivity contribution < 1.29 is 33.8 Å². The molecular weight excluding hydrogens is 1020 g/mol. The molecule has 3 fully saturated rings. The van der Waals surface area contributed by atoms with Gasteiger partial charge in [-0.15, -0.1) is 11.3 Å². The first kappa shape index (κ1) is 58.9. The average molecular weight is 1100 g/mol. The summed E-state index contributed by atoms with van der Waals surface area (Å²) in [4.78, 5) is 85.1. The van der Waals surface area contributed by atoms with E-state index in [2.05, 4.69) is 77.9 Å². The first-order valence-electron chi connectivity index (χ1n) is 27.9. The molecule has 4 atom stereocenters. The van der Waals surface area contributed by atoms with Crippen LogP contribution >= 0.6 is 11.3 Å². The fourth-order valence-electron chi connectivity index (χ4n) is 11.2. The molecule has 0 spiro atoms.